The second-order valence-electron chi connectivity index (χ2n) is 10.9. The Morgan fingerprint density at radius 1 is 0.932 bits per heavy atom. The first-order valence-electron chi connectivity index (χ1n) is 14.3. The molecule has 1 fully saturated rings. The number of esters is 1. The first-order chi connectivity index (χ1) is 21.3. The normalized spacial score (nSPS) is 16.3. The number of carbonyl (C=O) groups excluding carboxylic acids is 3. The van der Waals surface area contributed by atoms with Crippen molar-refractivity contribution in [3.8, 4) is 0 Å². The van der Waals surface area contributed by atoms with Crippen LogP contribution >= 0.6 is 0 Å². The van der Waals surface area contributed by atoms with Gasteiger partial charge in [-0.3, -0.25) is 24.5 Å². The van der Waals surface area contributed by atoms with Crippen LogP contribution in [0.2, 0.25) is 0 Å². The Morgan fingerprint density at radius 3 is 2.36 bits per heavy atom. The minimum absolute atomic E-state index is 0.0286. The lowest BCUT2D eigenvalue weighted by Gasteiger charge is -2.32. The molecular formula is C33H33N7O4. The average Bonchev–Trinajstić information content (AvgIpc) is 3.38. The molecular weight excluding hydrogens is 558 g/mol. The van der Waals surface area contributed by atoms with E-state index in [0.717, 1.165) is 48.6 Å². The summed E-state index contributed by atoms with van der Waals surface area (Å²) >= 11 is 0. The van der Waals surface area contributed by atoms with Gasteiger partial charge in [0, 0.05) is 68.1 Å². The molecule has 11 heteroatoms. The highest BCUT2D eigenvalue weighted by molar-refractivity contribution is 6.37. The average molecular weight is 592 g/mol. The van der Waals surface area contributed by atoms with Gasteiger partial charge in [0.25, 0.3) is 5.91 Å². The summed E-state index contributed by atoms with van der Waals surface area (Å²) in [6, 6.07) is 18.1. The number of benzene rings is 3. The van der Waals surface area contributed by atoms with Crippen LogP contribution in [-0.2, 0) is 14.3 Å². The van der Waals surface area contributed by atoms with Crippen LogP contribution in [0.15, 0.2) is 73.1 Å². The van der Waals surface area contributed by atoms with Crippen molar-refractivity contribution in [2.24, 2.45) is 0 Å². The van der Waals surface area contributed by atoms with Crippen molar-refractivity contribution in [1.82, 2.24) is 19.8 Å². The van der Waals surface area contributed by atoms with E-state index in [1.807, 2.05) is 42.5 Å². The first-order valence-corrected chi connectivity index (χ1v) is 14.3. The molecule has 2 N–H and O–H groups in total. The molecule has 0 spiro atoms. The van der Waals surface area contributed by atoms with Gasteiger partial charge in [0.05, 0.1) is 47.2 Å². The molecule has 0 aliphatic carbocycles. The minimum Gasteiger partial charge on any atom is -0.465 e. The van der Waals surface area contributed by atoms with Crippen molar-refractivity contribution < 1.29 is 19.1 Å². The summed E-state index contributed by atoms with van der Waals surface area (Å²) in [6.45, 7) is 4.02. The second-order valence-corrected chi connectivity index (χ2v) is 10.9. The van der Waals surface area contributed by atoms with E-state index in [1.54, 1.807) is 42.5 Å². The van der Waals surface area contributed by atoms with Gasteiger partial charge in [0.2, 0.25) is 5.91 Å². The van der Waals surface area contributed by atoms with Gasteiger partial charge in [-0.25, -0.2) is 4.79 Å². The molecule has 2 aliphatic rings. The second kappa shape index (κ2) is 12.2. The largest absolute Gasteiger partial charge is 0.465 e. The van der Waals surface area contributed by atoms with E-state index in [-0.39, 0.29) is 11.8 Å². The summed E-state index contributed by atoms with van der Waals surface area (Å²) in [5.74, 6) is -0.770. The molecule has 0 saturated carbocycles. The predicted octanol–water partition coefficient (Wildman–Crippen LogP) is 3.56. The number of likely N-dealkylation sites (N-methyl/N-ethyl adjacent to an activating group) is 2. The number of nitrogens with zero attached hydrogens (tertiary/aromatic N) is 5. The predicted molar refractivity (Wildman–Crippen MR) is 170 cm³/mol. The first kappa shape index (κ1) is 29.0. The molecule has 0 atom stereocenters. The standard InChI is InChI=1S/C33H33N7O4/c1-38-14-16-40(17-15-38)20-29(41)39(2)24-8-6-23(7-9-24)36-31(21-5-11-26-28(18-21)35-13-12-34-26)30-25-10-4-22(33(43)44-3)19-27(25)37-32(30)42/h4-13,18-19,36H,14-17,20H2,1-3H3,(H,37,42)/b31-30-. The van der Waals surface area contributed by atoms with Crippen molar-refractivity contribution in [1.29, 1.82) is 0 Å². The number of aromatic nitrogens is 2. The number of rotatable bonds is 7. The third-order valence-corrected chi connectivity index (χ3v) is 8.05. The van der Waals surface area contributed by atoms with E-state index in [2.05, 4.69) is 37.4 Å². The topological polar surface area (TPSA) is 120 Å². The maximum Gasteiger partial charge on any atom is 0.337 e. The van der Waals surface area contributed by atoms with Crippen molar-refractivity contribution >= 4 is 57.1 Å². The highest BCUT2D eigenvalue weighted by Crippen LogP contribution is 2.38. The van der Waals surface area contributed by atoms with Gasteiger partial charge in [-0.2, -0.15) is 0 Å². The highest BCUT2D eigenvalue weighted by Gasteiger charge is 2.30. The van der Waals surface area contributed by atoms with E-state index < -0.39 is 5.97 Å². The van der Waals surface area contributed by atoms with Gasteiger partial charge in [-0.05, 0) is 55.6 Å². The number of amides is 2. The van der Waals surface area contributed by atoms with Crippen LogP contribution in [0, 0.1) is 0 Å². The molecule has 1 aromatic heterocycles. The van der Waals surface area contributed by atoms with Crippen molar-refractivity contribution in [3.63, 3.8) is 0 Å². The number of ether oxygens (including phenoxy) is 1. The molecule has 2 aliphatic heterocycles. The van der Waals surface area contributed by atoms with E-state index in [9.17, 15) is 14.4 Å². The zero-order valence-corrected chi connectivity index (χ0v) is 24.8. The molecule has 3 aromatic carbocycles. The molecule has 1 saturated heterocycles. The lowest BCUT2D eigenvalue weighted by atomic mass is 9.98. The quantitative estimate of drug-likeness (QED) is 0.246. The number of fused-ring (bicyclic) bond motifs is 2. The SMILES string of the molecule is COC(=O)c1ccc2c(c1)NC(=O)/C2=C(\Nc1ccc(N(C)C(=O)CN2CCN(C)CC2)cc1)c1ccc2nccnc2c1. The van der Waals surface area contributed by atoms with Crippen molar-refractivity contribution in [2.75, 3.05) is 69.5 Å². The Hall–Kier alpha value is -5.13. The fraction of sp³-hybridized carbons (Fsp3) is 0.242. The monoisotopic (exact) mass is 591 g/mol. The Balaban J connectivity index is 1.32. The molecule has 44 heavy (non-hydrogen) atoms. The van der Waals surface area contributed by atoms with Gasteiger partial charge < -0.3 is 25.2 Å². The smallest absolute Gasteiger partial charge is 0.337 e. The number of anilines is 3. The number of hydrogen-bond acceptors (Lipinski definition) is 9. The maximum atomic E-state index is 13.4. The summed E-state index contributed by atoms with van der Waals surface area (Å²) in [5.41, 5.74) is 6.12. The third-order valence-electron chi connectivity index (χ3n) is 8.05. The molecule has 6 rings (SSSR count). The van der Waals surface area contributed by atoms with Crippen molar-refractivity contribution in [2.45, 2.75) is 0 Å². The summed E-state index contributed by atoms with van der Waals surface area (Å²) in [7, 11) is 5.19. The summed E-state index contributed by atoms with van der Waals surface area (Å²) < 4.78 is 4.85. The molecule has 11 nitrogen and oxygen atoms in total. The zero-order valence-electron chi connectivity index (χ0n) is 24.8. The number of piperazine rings is 1. The van der Waals surface area contributed by atoms with Gasteiger partial charge >= 0.3 is 5.97 Å². The lowest BCUT2D eigenvalue weighted by Crippen LogP contribution is -2.48. The molecule has 2 amide bonds. The van der Waals surface area contributed by atoms with E-state index in [4.69, 9.17) is 4.74 Å². The van der Waals surface area contributed by atoms with E-state index in [0.29, 0.717) is 40.1 Å². The minimum atomic E-state index is -0.488. The van der Waals surface area contributed by atoms with Crippen LogP contribution in [0.3, 0.4) is 0 Å². The van der Waals surface area contributed by atoms with Crippen LogP contribution in [0.4, 0.5) is 17.1 Å². The fourth-order valence-corrected chi connectivity index (χ4v) is 5.42. The fourth-order valence-electron chi connectivity index (χ4n) is 5.42. The summed E-state index contributed by atoms with van der Waals surface area (Å²) in [4.78, 5) is 53.5. The maximum absolute atomic E-state index is 13.4. The van der Waals surface area contributed by atoms with Crippen LogP contribution in [-0.4, -0.2) is 91.5 Å². The number of methoxy groups -OCH3 is 1. The molecule has 0 bridgehead atoms. The molecule has 3 heterocycles. The molecule has 224 valence electrons. The number of nitrogens with one attached hydrogen (secondary N) is 2. The van der Waals surface area contributed by atoms with Gasteiger partial charge in [-0.15, -0.1) is 0 Å². The molecule has 0 unspecified atom stereocenters. The van der Waals surface area contributed by atoms with Crippen LogP contribution < -0.4 is 15.5 Å². The Labute approximate surface area is 255 Å². The van der Waals surface area contributed by atoms with Gasteiger partial charge in [0.15, 0.2) is 0 Å². The number of hydrogen-bond donors (Lipinski definition) is 2. The van der Waals surface area contributed by atoms with Crippen LogP contribution in [0.1, 0.15) is 21.5 Å². The summed E-state index contributed by atoms with van der Waals surface area (Å²) in [6.07, 6.45) is 3.26. The number of carbonyl (C=O) groups is 3. The molecule has 4 aromatic rings. The van der Waals surface area contributed by atoms with E-state index in [1.165, 1.54) is 7.11 Å². The van der Waals surface area contributed by atoms with Crippen LogP contribution in [0.25, 0.3) is 22.3 Å². The lowest BCUT2D eigenvalue weighted by molar-refractivity contribution is -0.119. The van der Waals surface area contributed by atoms with Crippen molar-refractivity contribution in [3.05, 3.63) is 89.7 Å². The molecule has 0 radical (unpaired) electrons. The highest BCUT2D eigenvalue weighted by atomic mass is 16.5. The zero-order chi connectivity index (χ0) is 30.8. The van der Waals surface area contributed by atoms with E-state index >= 15 is 0 Å². The Kier molecular flexibility index (Phi) is 8.05. The summed E-state index contributed by atoms with van der Waals surface area (Å²) in [5, 5.41) is 6.34. The Morgan fingerprint density at radius 2 is 1.64 bits per heavy atom. The van der Waals surface area contributed by atoms with Gasteiger partial charge in [-0.1, -0.05) is 12.1 Å². The van der Waals surface area contributed by atoms with Crippen LogP contribution in [0.5, 0.6) is 0 Å². The third kappa shape index (κ3) is 5.87. The van der Waals surface area contributed by atoms with Gasteiger partial charge in [0.1, 0.15) is 0 Å². The Bertz CT molecular complexity index is 1780.